The Balaban J connectivity index is 1.47. The number of carboxylic acids is 1. The molecule has 7 heteroatoms. The molecule has 4 rings (SSSR count). The summed E-state index contributed by atoms with van der Waals surface area (Å²) in [6, 6.07) is 19.0. The van der Waals surface area contributed by atoms with Crippen molar-refractivity contribution in [1.82, 2.24) is 0 Å². The number of halogens is 1. The quantitative estimate of drug-likeness (QED) is 0.282. The van der Waals surface area contributed by atoms with Crippen LogP contribution in [0.3, 0.4) is 0 Å². The number of aryl methyl sites for hydroxylation is 1. The molecule has 0 spiro atoms. The Kier molecular flexibility index (Phi) is 9.59. The number of anilines is 1. The summed E-state index contributed by atoms with van der Waals surface area (Å²) in [5.41, 5.74) is 5.73. The second-order valence-electron chi connectivity index (χ2n) is 10.3. The fourth-order valence-corrected chi connectivity index (χ4v) is 5.38. The van der Waals surface area contributed by atoms with Crippen LogP contribution < -0.4 is 9.64 Å². The number of carboxylic acid groups (broad SMARTS) is 1. The monoisotopic (exact) mass is 535 g/mol. The number of hydrogen-bond acceptors (Lipinski definition) is 5. The zero-order chi connectivity index (χ0) is 27.9. The van der Waals surface area contributed by atoms with Crippen LogP contribution >= 0.6 is 0 Å². The number of benzene rings is 3. The van der Waals surface area contributed by atoms with Gasteiger partial charge in [0.05, 0.1) is 19.6 Å². The maximum atomic E-state index is 14.5. The number of aliphatic carboxylic acids is 1. The van der Waals surface area contributed by atoms with Crippen LogP contribution in [-0.2, 0) is 20.7 Å². The van der Waals surface area contributed by atoms with E-state index in [4.69, 9.17) is 14.2 Å². The molecule has 1 heterocycles. The third-order valence-corrected chi connectivity index (χ3v) is 7.67. The minimum absolute atomic E-state index is 0.0264. The van der Waals surface area contributed by atoms with E-state index in [9.17, 15) is 14.3 Å². The van der Waals surface area contributed by atoms with Crippen LogP contribution in [0, 0.1) is 18.7 Å². The Labute approximate surface area is 230 Å². The van der Waals surface area contributed by atoms with Crippen LogP contribution in [0.2, 0.25) is 0 Å². The van der Waals surface area contributed by atoms with Gasteiger partial charge in [-0.2, -0.15) is 0 Å². The van der Waals surface area contributed by atoms with Crippen LogP contribution in [0.25, 0.3) is 11.1 Å². The largest absolute Gasteiger partial charge is 0.497 e. The molecule has 208 valence electrons. The molecule has 0 amide bonds. The zero-order valence-corrected chi connectivity index (χ0v) is 23.2. The highest BCUT2D eigenvalue weighted by atomic mass is 19.1. The van der Waals surface area contributed by atoms with Gasteiger partial charge in [-0.15, -0.1) is 0 Å². The number of rotatable bonds is 12. The molecule has 1 aliphatic heterocycles. The van der Waals surface area contributed by atoms with Crippen LogP contribution in [-0.4, -0.2) is 57.2 Å². The van der Waals surface area contributed by atoms with E-state index in [-0.39, 0.29) is 30.3 Å². The van der Waals surface area contributed by atoms with Gasteiger partial charge in [-0.25, -0.2) is 4.39 Å². The molecule has 1 N–H and O–H groups in total. The number of methoxy groups -OCH3 is 2. The van der Waals surface area contributed by atoms with E-state index in [2.05, 4.69) is 36.1 Å². The highest BCUT2D eigenvalue weighted by Crippen LogP contribution is 2.34. The Bertz CT molecular complexity index is 1260. The van der Waals surface area contributed by atoms with Gasteiger partial charge in [0.1, 0.15) is 11.6 Å². The molecular weight excluding hydrogens is 497 g/mol. The summed E-state index contributed by atoms with van der Waals surface area (Å²) in [7, 11) is 3.25. The smallest absolute Gasteiger partial charge is 0.305 e. The molecule has 1 saturated heterocycles. The lowest BCUT2D eigenvalue weighted by atomic mass is 9.95. The molecule has 3 atom stereocenters. The van der Waals surface area contributed by atoms with Gasteiger partial charge in [0, 0.05) is 50.1 Å². The molecular formula is C32H38FNO5. The van der Waals surface area contributed by atoms with Crippen LogP contribution in [0.4, 0.5) is 10.1 Å². The van der Waals surface area contributed by atoms with Crippen molar-refractivity contribution < 1.29 is 28.5 Å². The maximum Gasteiger partial charge on any atom is 0.305 e. The van der Waals surface area contributed by atoms with Gasteiger partial charge >= 0.3 is 5.97 Å². The van der Waals surface area contributed by atoms with Crippen molar-refractivity contribution in [3.8, 4) is 16.9 Å². The highest BCUT2D eigenvalue weighted by Gasteiger charge is 2.40. The van der Waals surface area contributed by atoms with Crippen molar-refractivity contribution in [1.29, 1.82) is 0 Å². The summed E-state index contributed by atoms with van der Waals surface area (Å²) in [6.07, 6.45) is 1.60. The zero-order valence-electron chi connectivity index (χ0n) is 23.2. The fourth-order valence-electron chi connectivity index (χ4n) is 5.38. The third kappa shape index (κ3) is 6.97. The Morgan fingerprint density at radius 2 is 1.82 bits per heavy atom. The summed E-state index contributed by atoms with van der Waals surface area (Å²) in [4.78, 5) is 13.8. The summed E-state index contributed by atoms with van der Waals surface area (Å²) in [5.74, 6) is -0.367. The summed E-state index contributed by atoms with van der Waals surface area (Å²) >= 11 is 0. The van der Waals surface area contributed by atoms with Crippen LogP contribution in [0.1, 0.15) is 36.5 Å². The van der Waals surface area contributed by atoms with E-state index in [1.807, 2.05) is 25.1 Å². The highest BCUT2D eigenvalue weighted by molar-refractivity contribution is 5.69. The Morgan fingerprint density at radius 3 is 2.49 bits per heavy atom. The SMILES string of the molecule is COCCCOC1CN(c2ccc(Cc3ccc(-c4cc(OC)ccc4F)cc3C)cc2)C(CC(=O)O)C1C. The number of ether oxygens (including phenoxy) is 3. The molecule has 6 nitrogen and oxygen atoms in total. The molecule has 39 heavy (non-hydrogen) atoms. The number of nitrogens with zero attached hydrogens (tertiary/aromatic N) is 1. The topological polar surface area (TPSA) is 68.2 Å². The second kappa shape index (κ2) is 13.1. The first-order valence-electron chi connectivity index (χ1n) is 13.4. The Hall–Kier alpha value is -3.42. The average Bonchev–Trinajstić information content (AvgIpc) is 3.22. The molecule has 0 bridgehead atoms. The normalized spacial score (nSPS) is 18.9. The fraction of sp³-hybridized carbons (Fsp3) is 0.406. The van der Waals surface area contributed by atoms with E-state index < -0.39 is 5.97 Å². The molecule has 3 aromatic rings. The second-order valence-corrected chi connectivity index (χ2v) is 10.3. The van der Waals surface area contributed by atoms with Crippen molar-refractivity contribution in [3.63, 3.8) is 0 Å². The molecule has 0 saturated carbocycles. The standard InChI is InChI=1S/C32H38FNO5/c1-21-16-25(28-18-27(38-4)12-13-29(28)33)9-8-24(21)17-23-6-10-26(11-7-23)34-20-31(39-15-5-14-37-3)22(2)30(34)19-32(35)36/h6-13,16,18,22,30-31H,5,14-15,17,19-20H2,1-4H3,(H,35,36). The van der Waals surface area contributed by atoms with E-state index >= 15 is 0 Å². The first-order valence-corrected chi connectivity index (χ1v) is 13.4. The minimum atomic E-state index is -0.804. The molecule has 1 fully saturated rings. The third-order valence-electron chi connectivity index (χ3n) is 7.67. The van der Waals surface area contributed by atoms with Gasteiger partial charge in [-0.05, 0) is 72.4 Å². The molecule has 3 aromatic carbocycles. The van der Waals surface area contributed by atoms with Gasteiger partial charge in [-0.1, -0.05) is 37.3 Å². The molecule has 0 aliphatic carbocycles. The summed E-state index contributed by atoms with van der Waals surface area (Å²) < 4.78 is 31.0. The lowest BCUT2D eigenvalue weighted by Crippen LogP contribution is -2.34. The van der Waals surface area contributed by atoms with Gasteiger partial charge in [0.2, 0.25) is 0 Å². The van der Waals surface area contributed by atoms with E-state index in [1.54, 1.807) is 26.4 Å². The molecule has 0 radical (unpaired) electrons. The molecule has 0 aromatic heterocycles. The minimum Gasteiger partial charge on any atom is -0.497 e. The van der Waals surface area contributed by atoms with E-state index in [1.165, 1.54) is 6.07 Å². The summed E-state index contributed by atoms with van der Waals surface area (Å²) in [5, 5.41) is 9.55. The van der Waals surface area contributed by atoms with E-state index in [0.29, 0.717) is 31.1 Å². The van der Waals surface area contributed by atoms with Crippen molar-refractivity contribution in [2.24, 2.45) is 5.92 Å². The van der Waals surface area contributed by atoms with Crippen molar-refractivity contribution in [3.05, 3.63) is 83.2 Å². The first-order chi connectivity index (χ1) is 18.8. The first kappa shape index (κ1) is 28.6. The maximum absolute atomic E-state index is 14.5. The van der Waals surface area contributed by atoms with Gasteiger partial charge in [0.15, 0.2) is 0 Å². The lowest BCUT2D eigenvalue weighted by molar-refractivity contribution is -0.137. The van der Waals surface area contributed by atoms with Crippen molar-refractivity contribution in [2.75, 3.05) is 38.9 Å². The molecule has 1 aliphatic rings. The number of carbonyl (C=O) groups is 1. The predicted molar refractivity (Wildman–Crippen MR) is 151 cm³/mol. The summed E-state index contributed by atoms with van der Waals surface area (Å²) in [6.45, 7) is 6.02. The molecule has 3 unspecified atom stereocenters. The predicted octanol–water partition coefficient (Wildman–Crippen LogP) is 6.12. The van der Waals surface area contributed by atoms with Crippen LogP contribution in [0.15, 0.2) is 60.7 Å². The van der Waals surface area contributed by atoms with Gasteiger partial charge in [0.25, 0.3) is 0 Å². The number of hydrogen-bond donors (Lipinski definition) is 1. The van der Waals surface area contributed by atoms with Gasteiger partial charge in [-0.3, -0.25) is 4.79 Å². The van der Waals surface area contributed by atoms with Gasteiger partial charge < -0.3 is 24.2 Å². The Morgan fingerprint density at radius 1 is 1.05 bits per heavy atom. The van der Waals surface area contributed by atoms with Crippen molar-refractivity contribution >= 4 is 11.7 Å². The lowest BCUT2D eigenvalue weighted by Gasteiger charge is -2.27. The van der Waals surface area contributed by atoms with E-state index in [0.717, 1.165) is 40.8 Å². The van der Waals surface area contributed by atoms with Crippen LogP contribution in [0.5, 0.6) is 5.75 Å². The van der Waals surface area contributed by atoms with Crippen molar-refractivity contribution in [2.45, 2.75) is 45.3 Å². The average molecular weight is 536 g/mol.